The lowest BCUT2D eigenvalue weighted by Crippen LogP contribution is -2.48. The lowest BCUT2D eigenvalue weighted by molar-refractivity contribution is 0.101. The Morgan fingerprint density at radius 3 is 2.28 bits per heavy atom. The fourth-order valence-electron chi connectivity index (χ4n) is 3.80. The van der Waals surface area contributed by atoms with Crippen molar-refractivity contribution in [1.82, 2.24) is 9.21 Å². The molecule has 2 aliphatic heterocycles. The molecule has 0 atom stereocenters. The summed E-state index contributed by atoms with van der Waals surface area (Å²) >= 11 is 3.38. The second-order valence-electron chi connectivity index (χ2n) is 7.15. The first-order valence-corrected chi connectivity index (χ1v) is 11.2. The lowest BCUT2D eigenvalue weighted by Gasteiger charge is -2.41. The van der Waals surface area contributed by atoms with Gasteiger partial charge in [0.1, 0.15) is 5.75 Å². The number of methoxy groups -OCH3 is 1. The van der Waals surface area contributed by atoms with Crippen molar-refractivity contribution in [1.29, 1.82) is 0 Å². The summed E-state index contributed by atoms with van der Waals surface area (Å²) in [6, 6.07) is 5.48. The number of hydrogen-bond acceptors (Lipinski definition) is 4. The van der Waals surface area contributed by atoms with Gasteiger partial charge in [0.2, 0.25) is 10.0 Å². The average molecular weight is 431 g/mol. The minimum atomic E-state index is -3.44. The average Bonchev–Trinajstić information content (AvgIpc) is 2.62. The standard InChI is InChI=1S/C18H27BrN2O3S/c1-14-5-9-20(10-6-14)15-7-11-21(12-8-15)25(22,23)16-3-4-18(24-2)17(19)13-16/h3-4,13-15H,5-12H2,1-2H3. The molecule has 0 N–H and O–H groups in total. The van der Waals surface area contributed by atoms with Crippen molar-refractivity contribution in [2.75, 3.05) is 33.3 Å². The Balaban J connectivity index is 1.64. The molecule has 0 unspecified atom stereocenters. The molecule has 0 spiro atoms. The summed E-state index contributed by atoms with van der Waals surface area (Å²) in [6.45, 7) is 5.83. The van der Waals surface area contributed by atoms with Gasteiger partial charge < -0.3 is 9.64 Å². The van der Waals surface area contributed by atoms with Crippen molar-refractivity contribution in [2.45, 2.75) is 43.5 Å². The maximum absolute atomic E-state index is 12.9. The number of sulfonamides is 1. The third kappa shape index (κ3) is 4.21. The van der Waals surface area contributed by atoms with E-state index in [4.69, 9.17) is 4.74 Å². The molecule has 3 rings (SSSR count). The molecule has 0 radical (unpaired) electrons. The van der Waals surface area contributed by atoms with Crippen molar-refractivity contribution in [3.8, 4) is 5.75 Å². The zero-order valence-electron chi connectivity index (χ0n) is 14.9. The summed E-state index contributed by atoms with van der Waals surface area (Å²) in [5.74, 6) is 1.46. The fourth-order valence-corrected chi connectivity index (χ4v) is 5.99. The predicted molar refractivity (Wildman–Crippen MR) is 102 cm³/mol. The topological polar surface area (TPSA) is 49.9 Å². The molecule has 5 nitrogen and oxygen atoms in total. The van der Waals surface area contributed by atoms with Gasteiger partial charge in [-0.1, -0.05) is 6.92 Å². The normalized spacial score (nSPS) is 22.2. The molecule has 25 heavy (non-hydrogen) atoms. The second-order valence-corrected chi connectivity index (χ2v) is 9.94. The highest BCUT2D eigenvalue weighted by molar-refractivity contribution is 9.10. The van der Waals surface area contributed by atoms with E-state index in [9.17, 15) is 8.42 Å². The van der Waals surface area contributed by atoms with Crippen LogP contribution in [0.15, 0.2) is 27.6 Å². The van der Waals surface area contributed by atoms with Gasteiger partial charge in [-0.25, -0.2) is 8.42 Å². The summed E-state index contributed by atoms with van der Waals surface area (Å²) in [7, 11) is -1.87. The molecule has 1 aromatic rings. The molecule has 140 valence electrons. The van der Waals surface area contributed by atoms with Crippen LogP contribution in [0.2, 0.25) is 0 Å². The summed E-state index contributed by atoms with van der Waals surface area (Å²) in [6.07, 6.45) is 4.37. The highest BCUT2D eigenvalue weighted by Gasteiger charge is 2.32. The van der Waals surface area contributed by atoms with E-state index in [1.54, 1.807) is 29.6 Å². The Morgan fingerprint density at radius 2 is 1.72 bits per heavy atom. The first-order valence-electron chi connectivity index (χ1n) is 8.99. The zero-order chi connectivity index (χ0) is 18.0. The smallest absolute Gasteiger partial charge is 0.243 e. The molecule has 0 saturated carbocycles. The molecule has 2 saturated heterocycles. The molecule has 0 aliphatic carbocycles. The summed E-state index contributed by atoms with van der Waals surface area (Å²) in [4.78, 5) is 2.89. The Morgan fingerprint density at radius 1 is 1.08 bits per heavy atom. The monoisotopic (exact) mass is 430 g/mol. The van der Waals surface area contributed by atoms with E-state index in [-0.39, 0.29) is 0 Å². The van der Waals surface area contributed by atoms with Crippen LogP contribution in [-0.4, -0.2) is 57.0 Å². The first kappa shape index (κ1) is 19.1. The van der Waals surface area contributed by atoms with Crippen molar-refractivity contribution in [3.63, 3.8) is 0 Å². The fraction of sp³-hybridized carbons (Fsp3) is 0.667. The van der Waals surface area contributed by atoms with E-state index in [0.29, 0.717) is 34.2 Å². The van der Waals surface area contributed by atoms with Gasteiger partial charge >= 0.3 is 0 Å². The van der Waals surface area contributed by atoms with Gasteiger partial charge in [0.05, 0.1) is 16.5 Å². The molecule has 7 heteroatoms. The number of nitrogens with zero attached hydrogens (tertiary/aromatic N) is 2. The van der Waals surface area contributed by atoms with Crippen molar-refractivity contribution >= 4 is 26.0 Å². The number of piperidine rings is 2. The van der Waals surface area contributed by atoms with Crippen LogP contribution < -0.4 is 4.74 Å². The number of hydrogen-bond donors (Lipinski definition) is 0. The molecule has 2 fully saturated rings. The number of halogens is 1. The van der Waals surface area contributed by atoms with Gasteiger partial charge in [-0.3, -0.25) is 0 Å². The van der Waals surface area contributed by atoms with Gasteiger partial charge in [0, 0.05) is 19.1 Å². The number of likely N-dealkylation sites (tertiary alicyclic amines) is 1. The Labute approximate surface area is 159 Å². The van der Waals surface area contributed by atoms with Crippen LogP contribution >= 0.6 is 15.9 Å². The van der Waals surface area contributed by atoms with Crippen LogP contribution in [0.25, 0.3) is 0 Å². The molecule has 0 amide bonds. The Hall–Kier alpha value is -0.630. The van der Waals surface area contributed by atoms with Crippen LogP contribution in [0.3, 0.4) is 0 Å². The number of benzene rings is 1. The van der Waals surface area contributed by atoms with Crippen LogP contribution in [0, 0.1) is 5.92 Å². The number of ether oxygens (including phenoxy) is 1. The van der Waals surface area contributed by atoms with E-state index in [0.717, 1.165) is 31.8 Å². The predicted octanol–water partition coefficient (Wildman–Crippen LogP) is 3.34. The third-order valence-electron chi connectivity index (χ3n) is 5.52. The highest BCUT2D eigenvalue weighted by Crippen LogP contribution is 2.31. The van der Waals surface area contributed by atoms with Gasteiger partial charge in [-0.05, 0) is 78.8 Å². The van der Waals surface area contributed by atoms with Crippen molar-refractivity contribution in [3.05, 3.63) is 22.7 Å². The molecule has 0 aromatic heterocycles. The van der Waals surface area contributed by atoms with E-state index in [1.165, 1.54) is 12.8 Å². The number of rotatable bonds is 4. The minimum absolute atomic E-state index is 0.324. The van der Waals surface area contributed by atoms with Crippen LogP contribution in [-0.2, 0) is 10.0 Å². The molecular weight excluding hydrogens is 404 g/mol. The van der Waals surface area contributed by atoms with Gasteiger partial charge in [0.15, 0.2) is 0 Å². The van der Waals surface area contributed by atoms with Crippen LogP contribution in [0.5, 0.6) is 5.75 Å². The SMILES string of the molecule is COc1ccc(S(=O)(=O)N2CCC(N3CCC(C)CC3)CC2)cc1Br. The van der Waals surface area contributed by atoms with Crippen molar-refractivity contribution < 1.29 is 13.2 Å². The molecule has 0 bridgehead atoms. The molecule has 2 heterocycles. The van der Waals surface area contributed by atoms with E-state index in [2.05, 4.69) is 27.8 Å². The zero-order valence-corrected chi connectivity index (χ0v) is 17.4. The van der Waals surface area contributed by atoms with Crippen molar-refractivity contribution in [2.24, 2.45) is 5.92 Å². The van der Waals surface area contributed by atoms with Gasteiger partial charge in [-0.15, -0.1) is 0 Å². The molecule has 2 aliphatic rings. The van der Waals surface area contributed by atoms with Gasteiger partial charge in [-0.2, -0.15) is 4.31 Å². The quantitative estimate of drug-likeness (QED) is 0.734. The summed E-state index contributed by atoms with van der Waals surface area (Å²) in [5, 5.41) is 0. The van der Waals surface area contributed by atoms with E-state index >= 15 is 0 Å². The van der Waals surface area contributed by atoms with Crippen LogP contribution in [0.1, 0.15) is 32.6 Å². The molecular formula is C18H27BrN2O3S. The molecule has 1 aromatic carbocycles. The summed E-state index contributed by atoms with van der Waals surface area (Å²) in [5.41, 5.74) is 0. The van der Waals surface area contributed by atoms with Crippen LogP contribution in [0.4, 0.5) is 0 Å². The van der Waals surface area contributed by atoms with E-state index in [1.807, 2.05) is 0 Å². The maximum atomic E-state index is 12.9. The Bertz CT molecular complexity index is 694. The Kier molecular flexibility index (Phi) is 6.08. The summed E-state index contributed by atoms with van der Waals surface area (Å²) < 4.78 is 33.3. The third-order valence-corrected chi connectivity index (χ3v) is 8.03. The lowest BCUT2D eigenvalue weighted by atomic mass is 9.95. The maximum Gasteiger partial charge on any atom is 0.243 e. The first-order chi connectivity index (χ1) is 11.9. The van der Waals surface area contributed by atoms with E-state index < -0.39 is 10.0 Å². The highest BCUT2D eigenvalue weighted by atomic mass is 79.9. The largest absolute Gasteiger partial charge is 0.496 e. The second kappa shape index (κ2) is 7.94. The van der Waals surface area contributed by atoms with Gasteiger partial charge in [0.25, 0.3) is 0 Å². The minimum Gasteiger partial charge on any atom is -0.496 e.